The lowest BCUT2D eigenvalue weighted by Crippen LogP contribution is -2.52. The standard InChI is InChI=1S/C26H34N2O5/c1-17-6-7-21(18(2)14-17)33-13-12-27-8-10-28(11-9-27)20-15-19-16-22(30-3)25(31-4)26(32-5)23(19)24(20)29/h6-7,14,16,20H,8-13,15H2,1-5H3. The Balaban J connectivity index is 1.34. The van der Waals surface area contributed by atoms with Crippen molar-refractivity contribution in [3.8, 4) is 23.0 Å². The maximum atomic E-state index is 13.4. The molecule has 1 atom stereocenters. The Labute approximate surface area is 196 Å². The Bertz CT molecular complexity index is 1010. The molecule has 2 aromatic carbocycles. The first kappa shape index (κ1) is 23.4. The highest BCUT2D eigenvalue weighted by atomic mass is 16.5. The van der Waals surface area contributed by atoms with Crippen molar-refractivity contribution in [3.05, 3.63) is 46.5 Å². The van der Waals surface area contributed by atoms with Gasteiger partial charge in [0.2, 0.25) is 5.75 Å². The van der Waals surface area contributed by atoms with E-state index in [4.69, 9.17) is 18.9 Å². The summed E-state index contributed by atoms with van der Waals surface area (Å²) in [7, 11) is 4.73. The summed E-state index contributed by atoms with van der Waals surface area (Å²) in [6.07, 6.45) is 0.667. The highest BCUT2D eigenvalue weighted by Gasteiger charge is 2.40. The van der Waals surface area contributed by atoms with Crippen molar-refractivity contribution in [3.63, 3.8) is 0 Å². The molecule has 0 amide bonds. The molecular weight excluding hydrogens is 420 g/mol. The van der Waals surface area contributed by atoms with Gasteiger partial charge in [-0.2, -0.15) is 0 Å². The Morgan fingerprint density at radius 2 is 1.64 bits per heavy atom. The first-order valence-corrected chi connectivity index (χ1v) is 11.5. The molecule has 0 N–H and O–H groups in total. The molecule has 1 aliphatic carbocycles. The Kier molecular flexibility index (Phi) is 7.10. The molecule has 0 radical (unpaired) electrons. The number of piperazine rings is 1. The molecule has 1 saturated heterocycles. The fourth-order valence-electron chi connectivity index (χ4n) is 4.95. The second-order valence-corrected chi connectivity index (χ2v) is 8.76. The van der Waals surface area contributed by atoms with Gasteiger partial charge in [-0.3, -0.25) is 14.6 Å². The highest BCUT2D eigenvalue weighted by Crippen LogP contribution is 2.45. The topological polar surface area (TPSA) is 60.5 Å². The van der Waals surface area contributed by atoms with Crippen LogP contribution in [-0.4, -0.2) is 82.3 Å². The van der Waals surface area contributed by atoms with E-state index in [0.717, 1.165) is 44.0 Å². The summed E-state index contributed by atoms with van der Waals surface area (Å²) in [5, 5.41) is 0. The lowest BCUT2D eigenvalue weighted by molar-refractivity contribution is 0.0665. The molecule has 0 spiro atoms. The van der Waals surface area contributed by atoms with Crippen LogP contribution in [0.15, 0.2) is 24.3 Å². The number of rotatable bonds is 8. The van der Waals surface area contributed by atoms with Crippen LogP contribution >= 0.6 is 0 Å². The quantitative estimate of drug-likeness (QED) is 0.607. The van der Waals surface area contributed by atoms with Crippen molar-refractivity contribution in [1.82, 2.24) is 9.80 Å². The molecule has 2 aromatic rings. The lowest BCUT2D eigenvalue weighted by atomic mass is 10.1. The molecule has 7 nitrogen and oxygen atoms in total. The van der Waals surface area contributed by atoms with Gasteiger partial charge in [-0.25, -0.2) is 0 Å². The minimum absolute atomic E-state index is 0.106. The van der Waals surface area contributed by atoms with E-state index >= 15 is 0 Å². The summed E-state index contributed by atoms with van der Waals surface area (Å²) < 4.78 is 22.5. The smallest absolute Gasteiger partial charge is 0.204 e. The largest absolute Gasteiger partial charge is 0.493 e. The zero-order valence-electron chi connectivity index (χ0n) is 20.3. The van der Waals surface area contributed by atoms with Gasteiger partial charge in [0.25, 0.3) is 0 Å². The van der Waals surface area contributed by atoms with Gasteiger partial charge in [0.15, 0.2) is 17.3 Å². The monoisotopic (exact) mass is 454 g/mol. The van der Waals surface area contributed by atoms with Gasteiger partial charge in [-0.1, -0.05) is 17.7 Å². The number of fused-ring (bicyclic) bond motifs is 1. The van der Waals surface area contributed by atoms with E-state index in [9.17, 15) is 4.79 Å². The van der Waals surface area contributed by atoms with Crippen LogP contribution in [0.2, 0.25) is 0 Å². The Hall–Kier alpha value is -2.77. The molecular formula is C26H34N2O5. The average Bonchev–Trinajstić information content (AvgIpc) is 3.15. The fourth-order valence-corrected chi connectivity index (χ4v) is 4.95. The van der Waals surface area contributed by atoms with E-state index in [2.05, 4.69) is 35.8 Å². The number of Topliss-reactive ketones (excluding diaryl/α,β-unsaturated/α-hetero) is 1. The van der Waals surface area contributed by atoms with E-state index < -0.39 is 0 Å². The summed E-state index contributed by atoms with van der Waals surface area (Å²) in [6, 6.07) is 8.02. The minimum Gasteiger partial charge on any atom is -0.493 e. The van der Waals surface area contributed by atoms with E-state index in [1.807, 2.05) is 12.1 Å². The van der Waals surface area contributed by atoms with E-state index in [0.29, 0.717) is 35.8 Å². The molecule has 1 heterocycles. The molecule has 4 rings (SSSR count). The minimum atomic E-state index is -0.167. The zero-order chi connectivity index (χ0) is 23.5. The molecule has 2 aliphatic rings. The van der Waals surface area contributed by atoms with Gasteiger partial charge in [0.05, 0.1) is 32.9 Å². The van der Waals surface area contributed by atoms with E-state index in [1.54, 1.807) is 21.3 Å². The number of ketones is 1. The van der Waals surface area contributed by atoms with Gasteiger partial charge >= 0.3 is 0 Å². The first-order valence-electron chi connectivity index (χ1n) is 11.5. The second-order valence-electron chi connectivity index (χ2n) is 8.76. The number of hydrogen-bond donors (Lipinski definition) is 0. The van der Waals surface area contributed by atoms with Crippen LogP contribution in [0.25, 0.3) is 0 Å². The number of carbonyl (C=O) groups excluding carboxylic acids is 1. The van der Waals surface area contributed by atoms with Crippen LogP contribution in [0, 0.1) is 13.8 Å². The normalized spacial score (nSPS) is 18.8. The first-order chi connectivity index (χ1) is 16.0. The van der Waals surface area contributed by atoms with E-state index in [1.165, 1.54) is 11.1 Å². The SMILES string of the molecule is COc1cc2c(c(OC)c1OC)C(=O)C(N1CCN(CCOc3ccc(C)cc3C)CC1)C2. The zero-order valence-corrected chi connectivity index (χ0v) is 20.3. The maximum absolute atomic E-state index is 13.4. The third kappa shape index (κ3) is 4.66. The van der Waals surface area contributed by atoms with Crippen LogP contribution in [0.1, 0.15) is 27.0 Å². The highest BCUT2D eigenvalue weighted by molar-refractivity contribution is 6.07. The van der Waals surface area contributed by atoms with Gasteiger partial charge in [-0.05, 0) is 43.5 Å². The van der Waals surface area contributed by atoms with Crippen LogP contribution in [0.5, 0.6) is 23.0 Å². The molecule has 7 heteroatoms. The number of benzene rings is 2. The third-order valence-corrected chi connectivity index (χ3v) is 6.72. The predicted octanol–water partition coefficient (Wildman–Crippen LogP) is 3.13. The molecule has 1 unspecified atom stereocenters. The van der Waals surface area contributed by atoms with Crippen molar-refractivity contribution in [1.29, 1.82) is 0 Å². The van der Waals surface area contributed by atoms with Crippen molar-refractivity contribution >= 4 is 5.78 Å². The number of nitrogens with zero attached hydrogens (tertiary/aromatic N) is 2. The van der Waals surface area contributed by atoms with Gasteiger partial charge < -0.3 is 18.9 Å². The molecule has 33 heavy (non-hydrogen) atoms. The van der Waals surface area contributed by atoms with Gasteiger partial charge in [0.1, 0.15) is 12.4 Å². The number of methoxy groups -OCH3 is 3. The van der Waals surface area contributed by atoms with Gasteiger partial charge in [0, 0.05) is 32.7 Å². The van der Waals surface area contributed by atoms with Crippen LogP contribution in [0.4, 0.5) is 0 Å². The van der Waals surface area contributed by atoms with Crippen LogP contribution in [-0.2, 0) is 6.42 Å². The lowest BCUT2D eigenvalue weighted by Gasteiger charge is -2.37. The van der Waals surface area contributed by atoms with Crippen molar-refractivity contribution < 1.29 is 23.7 Å². The number of carbonyl (C=O) groups is 1. The fraction of sp³-hybridized carbons (Fsp3) is 0.500. The third-order valence-electron chi connectivity index (χ3n) is 6.72. The summed E-state index contributed by atoms with van der Waals surface area (Å²) >= 11 is 0. The average molecular weight is 455 g/mol. The molecule has 178 valence electrons. The molecule has 0 bridgehead atoms. The van der Waals surface area contributed by atoms with Crippen LogP contribution in [0.3, 0.4) is 0 Å². The Morgan fingerprint density at radius 3 is 2.27 bits per heavy atom. The summed E-state index contributed by atoms with van der Waals surface area (Å²) in [5.74, 6) is 2.60. The second kappa shape index (κ2) is 10.0. The summed E-state index contributed by atoms with van der Waals surface area (Å²) in [6.45, 7) is 9.25. The van der Waals surface area contributed by atoms with E-state index in [-0.39, 0.29) is 11.8 Å². The number of aryl methyl sites for hydroxylation is 2. The molecule has 1 aliphatic heterocycles. The molecule has 0 aromatic heterocycles. The Morgan fingerprint density at radius 1 is 0.909 bits per heavy atom. The van der Waals surface area contributed by atoms with Crippen LogP contribution < -0.4 is 18.9 Å². The molecule has 1 fully saturated rings. The number of ether oxygens (including phenoxy) is 4. The van der Waals surface area contributed by atoms with Gasteiger partial charge in [-0.15, -0.1) is 0 Å². The maximum Gasteiger partial charge on any atom is 0.204 e. The number of hydrogen-bond acceptors (Lipinski definition) is 7. The van der Waals surface area contributed by atoms with Crippen molar-refractivity contribution in [2.45, 2.75) is 26.3 Å². The van der Waals surface area contributed by atoms with Crippen molar-refractivity contribution in [2.75, 3.05) is 60.7 Å². The summed E-state index contributed by atoms with van der Waals surface area (Å²) in [4.78, 5) is 18.1. The summed E-state index contributed by atoms with van der Waals surface area (Å²) in [5.41, 5.74) is 4.00. The molecule has 0 saturated carbocycles. The van der Waals surface area contributed by atoms with Crippen molar-refractivity contribution in [2.24, 2.45) is 0 Å². The predicted molar refractivity (Wildman–Crippen MR) is 127 cm³/mol.